The highest BCUT2D eigenvalue weighted by atomic mass is 32.2. The zero-order valence-corrected chi connectivity index (χ0v) is 16.9. The van der Waals surface area contributed by atoms with Crippen LogP contribution in [0.1, 0.15) is 23.1 Å². The molecule has 1 aliphatic rings. The van der Waals surface area contributed by atoms with Gasteiger partial charge in [0.1, 0.15) is 6.61 Å². The van der Waals surface area contributed by atoms with Crippen LogP contribution in [-0.2, 0) is 29.4 Å². The molecular weight excluding hydrogens is 390 g/mol. The number of hydrogen-bond acceptors (Lipinski definition) is 6. The summed E-state index contributed by atoms with van der Waals surface area (Å²) in [7, 11) is -3.81. The van der Waals surface area contributed by atoms with E-state index in [1.54, 1.807) is 12.4 Å². The fourth-order valence-corrected chi connectivity index (χ4v) is 4.29. The highest BCUT2D eigenvalue weighted by Gasteiger charge is 2.19. The van der Waals surface area contributed by atoms with Crippen LogP contribution in [0.25, 0.3) is 11.1 Å². The van der Waals surface area contributed by atoms with E-state index in [1.165, 1.54) is 21.9 Å². The van der Waals surface area contributed by atoms with Crippen molar-refractivity contribution in [1.82, 2.24) is 14.8 Å². The van der Waals surface area contributed by atoms with E-state index in [4.69, 9.17) is 15.6 Å². The summed E-state index contributed by atoms with van der Waals surface area (Å²) < 4.78 is 29.8. The Hall–Kier alpha value is -2.91. The molecule has 0 amide bonds. The summed E-state index contributed by atoms with van der Waals surface area (Å²) >= 11 is 0. The molecule has 1 aromatic carbocycles. The standard InChI is InChI=1S/C20H23N5O3S/c1-13-11-14-3-2-4-16(14)20(21)19(13)15-5-7-23-17(12-15)28-10-9-25-8-6-18(24-25)29(22,26)27/h5-8,11-12H,2-4,9-10,21H2,1H3,(H2,22,26,27). The van der Waals surface area contributed by atoms with Gasteiger partial charge in [-0.1, -0.05) is 6.07 Å². The molecule has 3 aromatic rings. The van der Waals surface area contributed by atoms with Crippen molar-refractivity contribution in [2.45, 2.75) is 37.8 Å². The van der Waals surface area contributed by atoms with E-state index in [0.717, 1.165) is 41.6 Å². The normalized spacial score (nSPS) is 13.4. The number of anilines is 1. The van der Waals surface area contributed by atoms with E-state index in [2.05, 4.69) is 23.1 Å². The maximum atomic E-state index is 11.3. The number of sulfonamides is 1. The number of ether oxygens (including phenoxy) is 1. The number of primary sulfonamides is 1. The number of nitrogens with zero attached hydrogens (tertiary/aromatic N) is 3. The van der Waals surface area contributed by atoms with E-state index in [1.807, 2.05) is 12.1 Å². The third kappa shape index (κ3) is 3.96. The number of aryl methyl sites for hydroxylation is 2. The van der Waals surface area contributed by atoms with Crippen molar-refractivity contribution in [3.8, 4) is 17.0 Å². The van der Waals surface area contributed by atoms with E-state index < -0.39 is 10.0 Å². The van der Waals surface area contributed by atoms with Gasteiger partial charge in [0.25, 0.3) is 10.0 Å². The Morgan fingerprint density at radius 3 is 2.83 bits per heavy atom. The average molecular weight is 414 g/mol. The van der Waals surface area contributed by atoms with Crippen molar-refractivity contribution in [3.05, 3.63) is 53.3 Å². The smallest absolute Gasteiger partial charge is 0.257 e. The molecule has 8 nitrogen and oxygen atoms in total. The fourth-order valence-electron chi connectivity index (χ4n) is 3.82. The van der Waals surface area contributed by atoms with Crippen LogP contribution in [-0.4, -0.2) is 29.8 Å². The van der Waals surface area contributed by atoms with E-state index in [9.17, 15) is 8.42 Å². The van der Waals surface area contributed by atoms with Gasteiger partial charge in [0, 0.05) is 29.7 Å². The molecule has 0 aliphatic heterocycles. The lowest BCUT2D eigenvalue weighted by Crippen LogP contribution is -2.15. The number of nitrogen functional groups attached to an aromatic ring is 1. The number of hydrogen-bond donors (Lipinski definition) is 2. The first-order chi connectivity index (χ1) is 13.8. The molecule has 0 spiro atoms. The van der Waals surface area contributed by atoms with E-state index in [0.29, 0.717) is 12.4 Å². The van der Waals surface area contributed by atoms with Gasteiger partial charge < -0.3 is 10.5 Å². The Morgan fingerprint density at radius 2 is 2.07 bits per heavy atom. The van der Waals surface area contributed by atoms with Crippen molar-refractivity contribution in [3.63, 3.8) is 0 Å². The molecule has 4 rings (SSSR count). The highest BCUT2D eigenvalue weighted by Crippen LogP contribution is 2.38. The van der Waals surface area contributed by atoms with Crippen LogP contribution in [0.2, 0.25) is 0 Å². The van der Waals surface area contributed by atoms with Gasteiger partial charge in [-0.05, 0) is 60.6 Å². The number of nitrogens with two attached hydrogens (primary N) is 2. The van der Waals surface area contributed by atoms with Gasteiger partial charge in [-0.3, -0.25) is 4.68 Å². The summed E-state index contributed by atoms with van der Waals surface area (Å²) in [4.78, 5) is 4.26. The largest absolute Gasteiger partial charge is 0.476 e. The summed E-state index contributed by atoms with van der Waals surface area (Å²) in [5.74, 6) is 0.473. The molecule has 1 aliphatic carbocycles. The fraction of sp³-hybridized carbons (Fsp3) is 0.300. The monoisotopic (exact) mass is 413 g/mol. The third-order valence-corrected chi connectivity index (χ3v) is 5.94. The molecule has 0 saturated carbocycles. The molecule has 2 heterocycles. The van der Waals surface area contributed by atoms with Crippen molar-refractivity contribution in [1.29, 1.82) is 0 Å². The van der Waals surface area contributed by atoms with Gasteiger partial charge in [0.05, 0.1) is 6.54 Å². The summed E-state index contributed by atoms with van der Waals surface area (Å²) in [6, 6.07) is 7.39. The molecule has 29 heavy (non-hydrogen) atoms. The highest BCUT2D eigenvalue weighted by molar-refractivity contribution is 7.89. The molecule has 152 valence electrons. The number of pyridine rings is 1. The summed E-state index contributed by atoms with van der Waals surface area (Å²) in [6.07, 6.45) is 6.50. The Balaban J connectivity index is 1.49. The van der Waals surface area contributed by atoms with Crippen LogP contribution in [0.15, 0.2) is 41.7 Å². The van der Waals surface area contributed by atoms with Crippen molar-refractivity contribution >= 4 is 15.7 Å². The molecule has 4 N–H and O–H groups in total. The van der Waals surface area contributed by atoms with Crippen molar-refractivity contribution in [2.24, 2.45) is 5.14 Å². The summed E-state index contributed by atoms with van der Waals surface area (Å²) in [5.41, 5.74) is 13.1. The quantitative estimate of drug-likeness (QED) is 0.596. The van der Waals surface area contributed by atoms with Crippen LogP contribution in [0, 0.1) is 6.92 Å². The zero-order valence-electron chi connectivity index (χ0n) is 16.1. The topological polar surface area (TPSA) is 126 Å². The van der Waals surface area contributed by atoms with Crippen LogP contribution >= 0.6 is 0 Å². The minimum Gasteiger partial charge on any atom is -0.476 e. The number of benzene rings is 1. The summed E-state index contributed by atoms with van der Waals surface area (Å²) in [5, 5.41) is 8.82. The lowest BCUT2D eigenvalue weighted by molar-refractivity contribution is 0.280. The van der Waals surface area contributed by atoms with Crippen molar-refractivity contribution < 1.29 is 13.2 Å². The lowest BCUT2D eigenvalue weighted by Gasteiger charge is -2.15. The molecule has 0 saturated heterocycles. The van der Waals surface area contributed by atoms with E-state index >= 15 is 0 Å². The third-order valence-electron chi connectivity index (χ3n) is 5.14. The molecule has 2 aromatic heterocycles. The second-order valence-electron chi connectivity index (χ2n) is 7.17. The molecular formula is C20H23N5O3S. The maximum Gasteiger partial charge on any atom is 0.257 e. The number of aromatic nitrogens is 3. The predicted octanol–water partition coefficient (Wildman–Crippen LogP) is 2.05. The first-order valence-corrected chi connectivity index (χ1v) is 10.9. The van der Waals surface area contributed by atoms with Crippen LogP contribution in [0.3, 0.4) is 0 Å². The zero-order chi connectivity index (χ0) is 20.6. The van der Waals surface area contributed by atoms with Gasteiger partial charge in [-0.2, -0.15) is 5.10 Å². The molecule has 0 fully saturated rings. The van der Waals surface area contributed by atoms with Gasteiger partial charge in [-0.15, -0.1) is 0 Å². The number of fused-ring (bicyclic) bond motifs is 1. The van der Waals surface area contributed by atoms with Gasteiger partial charge in [-0.25, -0.2) is 18.5 Å². The van der Waals surface area contributed by atoms with Gasteiger partial charge in [0.15, 0.2) is 5.03 Å². The van der Waals surface area contributed by atoms with Crippen LogP contribution in [0.5, 0.6) is 5.88 Å². The van der Waals surface area contributed by atoms with Crippen molar-refractivity contribution in [2.75, 3.05) is 12.3 Å². The molecule has 9 heteroatoms. The molecule has 0 radical (unpaired) electrons. The molecule has 0 atom stereocenters. The SMILES string of the molecule is Cc1cc2c(c(N)c1-c1ccnc(OCCn3ccc(S(N)(=O)=O)n3)c1)CCC2. The van der Waals surface area contributed by atoms with Crippen LogP contribution in [0.4, 0.5) is 5.69 Å². The van der Waals surface area contributed by atoms with Gasteiger partial charge in [0.2, 0.25) is 5.88 Å². The minimum absolute atomic E-state index is 0.166. The Labute approximate surface area is 169 Å². The second kappa shape index (κ2) is 7.49. The Bertz CT molecular complexity index is 1170. The van der Waals surface area contributed by atoms with Crippen LogP contribution < -0.4 is 15.6 Å². The minimum atomic E-state index is -3.81. The summed E-state index contributed by atoms with van der Waals surface area (Å²) in [6.45, 7) is 2.72. The number of rotatable bonds is 6. The first kappa shape index (κ1) is 19.4. The predicted molar refractivity (Wildman–Crippen MR) is 110 cm³/mol. The Kier molecular flexibility index (Phi) is 5.01. The molecule has 0 unspecified atom stereocenters. The molecule has 0 bridgehead atoms. The Morgan fingerprint density at radius 1 is 1.24 bits per heavy atom. The maximum absolute atomic E-state index is 11.3. The lowest BCUT2D eigenvalue weighted by atomic mass is 9.93. The van der Waals surface area contributed by atoms with E-state index in [-0.39, 0.29) is 11.6 Å². The first-order valence-electron chi connectivity index (χ1n) is 9.39. The second-order valence-corrected chi connectivity index (χ2v) is 8.67. The average Bonchev–Trinajstić information content (AvgIpc) is 3.31. The van der Waals surface area contributed by atoms with Gasteiger partial charge >= 0.3 is 0 Å².